The van der Waals surface area contributed by atoms with Crippen molar-refractivity contribution in [3.63, 3.8) is 0 Å². The molecule has 0 aromatic heterocycles. The van der Waals surface area contributed by atoms with E-state index in [0.717, 1.165) is 12.8 Å². The third-order valence-electron chi connectivity index (χ3n) is 4.00. The van der Waals surface area contributed by atoms with Gasteiger partial charge in [0.15, 0.2) is 18.1 Å². The molecule has 1 aliphatic rings. The lowest BCUT2D eigenvalue weighted by Gasteiger charge is -2.26. The number of carbonyl (C=O) groups is 1. The molecule has 1 fully saturated rings. The minimum atomic E-state index is -0.394. The van der Waals surface area contributed by atoms with Crippen molar-refractivity contribution in [2.24, 2.45) is 5.92 Å². The maximum Gasteiger partial charge on any atom is 0.257 e. The van der Waals surface area contributed by atoms with E-state index in [-0.39, 0.29) is 18.4 Å². The molecule has 1 atom stereocenters. The number of ether oxygens (including phenoxy) is 3. The molecule has 1 aromatic carbocycles. The summed E-state index contributed by atoms with van der Waals surface area (Å²) in [4.78, 5) is 11.8. The molecule has 128 valence electrons. The first-order valence-corrected chi connectivity index (χ1v) is 7.99. The fraction of sp³-hybridized carbons (Fsp3) is 0.588. The number of hydrogen-bond donors (Lipinski definition) is 2. The summed E-state index contributed by atoms with van der Waals surface area (Å²) < 4.78 is 15.9. The molecule has 1 aliphatic heterocycles. The van der Waals surface area contributed by atoms with Gasteiger partial charge in [0, 0.05) is 19.8 Å². The van der Waals surface area contributed by atoms with Gasteiger partial charge in [0.2, 0.25) is 0 Å². The number of hydrogen-bond acceptors (Lipinski definition) is 5. The second-order valence-electron chi connectivity index (χ2n) is 5.60. The van der Waals surface area contributed by atoms with Gasteiger partial charge in [-0.3, -0.25) is 4.79 Å². The number of amides is 1. The lowest BCUT2D eigenvalue weighted by molar-refractivity contribution is -0.123. The molecule has 23 heavy (non-hydrogen) atoms. The molecule has 0 saturated carbocycles. The van der Waals surface area contributed by atoms with E-state index in [1.165, 1.54) is 0 Å². The van der Waals surface area contributed by atoms with Gasteiger partial charge in [0.25, 0.3) is 5.91 Å². The van der Waals surface area contributed by atoms with Crippen LogP contribution in [0.4, 0.5) is 0 Å². The highest BCUT2D eigenvalue weighted by atomic mass is 16.5. The number of methoxy groups -OCH3 is 1. The van der Waals surface area contributed by atoms with E-state index < -0.39 is 6.10 Å². The van der Waals surface area contributed by atoms with Gasteiger partial charge >= 0.3 is 0 Å². The molecule has 0 aliphatic carbocycles. The molecule has 1 saturated heterocycles. The number of para-hydroxylation sites is 2. The average Bonchev–Trinajstić information content (AvgIpc) is 2.60. The van der Waals surface area contributed by atoms with E-state index in [2.05, 4.69) is 5.32 Å². The van der Waals surface area contributed by atoms with Gasteiger partial charge < -0.3 is 24.6 Å². The quantitative estimate of drug-likeness (QED) is 0.755. The summed E-state index contributed by atoms with van der Waals surface area (Å²) >= 11 is 0. The molecule has 1 heterocycles. The molecule has 0 radical (unpaired) electrons. The fourth-order valence-corrected chi connectivity index (χ4v) is 2.63. The number of carbonyl (C=O) groups excluding carboxylic acids is 1. The van der Waals surface area contributed by atoms with Crippen molar-refractivity contribution in [1.82, 2.24) is 5.32 Å². The summed E-state index contributed by atoms with van der Waals surface area (Å²) in [5.74, 6) is 1.18. The SMILES string of the molecule is COc1ccccc1OCC(=O)NCCC(O)C1CCOCC1. The number of rotatable bonds is 8. The van der Waals surface area contributed by atoms with Crippen LogP contribution in [0.2, 0.25) is 0 Å². The van der Waals surface area contributed by atoms with Gasteiger partial charge in [-0.1, -0.05) is 12.1 Å². The van der Waals surface area contributed by atoms with Crippen LogP contribution in [-0.4, -0.2) is 50.6 Å². The summed E-state index contributed by atoms with van der Waals surface area (Å²) in [5.41, 5.74) is 0. The van der Waals surface area contributed by atoms with Crippen LogP contribution < -0.4 is 14.8 Å². The summed E-state index contributed by atoms with van der Waals surface area (Å²) in [6.45, 7) is 1.78. The van der Waals surface area contributed by atoms with Crippen LogP contribution in [-0.2, 0) is 9.53 Å². The van der Waals surface area contributed by atoms with Crippen LogP contribution in [0.1, 0.15) is 19.3 Å². The maximum absolute atomic E-state index is 11.8. The minimum absolute atomic E-state index is 0.0757. The van der Waals surface area contributed by atoms with Gasteiger partial charge in [0.05, 0.1) is 13.2 Å². The van der Waals surface area contributed by atoms with Crippen LogP contribution in [0.3, 0.4) is 0 Å². The van der Waals surface area contributed by atoms with Crippen LogP contribution in [0.25, 0.3) is 0 Å². The van der Waals surface area contributed by atoms with Crippen molar-refractivity contribution in [3.8, 4) is 11.5 Å². The zero-order chi connectivity index (χ0) is 16.5. The predicted octanol–water partition coefficient (Wildman–Crippen LogP) is 1.37. The lowest BCUT2D eigenvalue weighted by Crippen LogP contribution is -2.34. The van der Waals surface area contributed by atoms with Gasteiger partial charge in [-0.05, 0) is 37.3 Å². The Morgan fingerprint density at radius 2 is 2.04 bits per heavy atom. The Hall–Kier alpha value is -1.79. The molecule has 6 nitrogen and oxygen atoms in total. The Kier molecular flexibility index (Phi) is 7.16. The van der Waals surface area contributed by atoms with Crippen molar-refractivity contribution in [2.75, 3.05) is 33.5 Å². The highest BCUT2D eigenvalue weighted by molar-refractivity contribution is 5.77. The summed E-state index contributed by atoms with van der Waals surface area (Å²) in [6.07, 6.45) is 1.91. The van der Waals surface area contributed by atoms with E-state index in [1.54, 1.807) is 19.2 Å². The van der Waals surface area contributed by atoms with E-state index in [4.69, 9.17) is 14.2 Å². The minimum Gasteiger partial charge on any atom is -0.493 e. The van der Waals surface area contributed by atoms with Crippen molar-refractivity contribution in [2.45, 2.75) is 25.4 Å². The summed E-state index contributed by atoms with van der Waals surface area (Å²) in [7, 11) is 1.56. The molecule has 2 rings (SSSR count). The highest BCUT2D eigenvalue weighted by Gasteiger charge is 2.21. The van der Waals surface area contributed by atoms with E-state index in [0.29, 0.717) is 37.7 Å². The molecular formula is C17H25NO5. The van der Waals surface area contributed by atoms with Crippen LogP contribution in [0.5, 0.6) is 11.5 Å². The average molecular weight is 323 g/mol. The van der Waals surface area contributed by atoms with Crippen molar-refractivity contribution < 1.29 is 24.1 Å². The van der Waals surface area contributed by atoms with Crippen LogP contribution in [0, 0.1) is 5.92 Å². The summed E-state index contributed by atoms with van der Waals surface area (Å²) in [5, 5.41) is 12.9. The molecule has 1 unspecified atom stereocenters. The van der Waals surface area contributed by atoms with Crippen molar-refractivity contribution in [1.29, 1.82) is 0 Å². The second kappa shape index (κ2) is 9.37. The fourth-order valence-electron chi connectivity index (χ4n) is 2.63. The Balaban J connectivity index is 1.65. The van der Waals surface area contributed by atoms with Crippen molar-refractivity contribution in [3.05, 3.63) is 24.3 Å². The molecule has 2 N–H and O–H groups in total. The van der Waals surface area contributed by atoms with E-state index in [1.807, 2.05) is 12.1 Å². The standard InChI is InChI=1S/C17H25NO5/c1-21-15-4-2-3-5-16(15)23-12-17(20)18-9-6-14(19)13-7-10-22-11-8-13/h2-5,13-14,19H,6-12H2,1H3,(H,18,20). The van der Waals surface area contributed by atoms with Gasteiger partial charge in [-0.15, -0.1) is 0 Å². The molecular weight excluding hydrogens is 298 g/mol. The van der Waals surface area contributed by atoms with Crippen LogP contribution >= 0.6 is 0 Å². The molecule has 0 spiro atoms. The highest BCUT2D eigenvalue weighted by Crippen LogP contribution is 2.25. The number of aliphatic hydroxyl groups excluding tert-OH is 1. The zero-order valence-electron chi connectivity index (χ0n) is 13.5. The molecule has 6 heteroatoms. The van der Waals surface area contributed by atoms with Gasteiger partial charge in [-0.25, -0.2) is 0 Å². The van der Waals surface area contributed by atoms with Crippen LogP contribution in [0.15, 0.2) is 24.3 Å². The number of aliphatic hydroxyl groups is 1. The second-order valence-corrected chi connectivity index (χ2v) is 5.60. The summed E-state index contributed by atoms with van der Waals surface area (Å²) in [6, 6.07) is 7.18. The topological polar surface area (TPSA) is 77.0 Å². The smallest absolute Gasteiger partial charge is 0.257 e. The Bertz CT molecular complexity index is 488. The monoisotopic (exact) mass is 323 g/mol. The Labute approximate surface area is 136 Å². The third kappa shape index (κ3) is 5.73. The Morgan fingerprint density at radius 1 is 1.35 bits per heavy atom. The zero-order valence-corrected chi connectivity index (χ0v) is 13.5. The number of nitrogens with one attached hydrogen (secondary N) is 1. The largest absolute Gasteiger partial charge is 0.493 e. The first-order chi connectivity index (χ1) is 11.2. The maximum atomic E-state index is 11.8. The van der Waals surface area contributed by atoms with E-state index >= 15 is 0 Å². The van der Waals surface area contributed by atoms with Crippen molar-refractivity contribution >= 4 is 5.91 Å². The van der Waals surface area contributed by atoms with Gasteiger partial charge in [-0.2, -0.15) is 0 Å². The first-order valence-electron chi connectivity index (χ1n) is 7.99. The molecule has 1 aromatic rings. The lowest BCUT2D eigenvalue weighted by atomic mass is 9.92. The normalized spacial score (nSPS) is 16.6. The first kappa shape index (κ1) is 17.6. The van der Waals surface area contributed by atoms with E-state index in [9.17, 15) is 9.90 Å². The predicted molar refractivity (Wildman–Crippen MR) is 85.7 cm³/mol. The Morgan fingerprint density at radius 3 is 2.74 bits per heavy atom. The third-order valence-corrected chi connectivity index (χ3v) is 4.00. The molecule has 0 bridgehead atoms. The van der Waals surface area contributed by atoms with Gasteiger partial charge in [0.1, 0.15) is 0 Å². The number of benzene rings is 1. The molecule has 1 amide bonds.